The lowest BCUT2D eigenvalue weighted by Gasteiger charge is -2.31. The van der Waals surface area contributed by atoms with Gasteiger partial charge in [0.2, 0.25) is 11.0 Å². The molecule has 0 aliphatic carbocycles. The number of aromatic nitrogens is 2. The Hall–Kier alpha value is -1.90. The summed E-state index contributed by atoms with van der Waals surface area (Å²) in [6.45, 7) is 0.942. The molecule has 1 amide bonds. The van der Waals surface area contributed by atoms with E-state index in [0.717, 1.165) is 0 Å². The zero-order valence-electron chi connectivity index (χ0n) is 12.4. The molecule has 2 heterocycles. The Balaban J connectivity index is 1.65. The van der Waals surface area contributed by atoms with Gasteiger partial charge < -0.3 is 10.5 Å². The van der Waals surface area contributed by atoms with Crippen molar-refractivity contribution in [3.05, 3.63) is 40.7 Å². The van der Waals surface area contributed by atoms with Gasteiger partial charge >= 0.3 is 0 Å². The molecule has 1 saturated heterocycles. The maximum atomic E-state index is 13.6. The molecule has 1 aliphatic heterocycles. The van der Waals surface area contributed by atoms with Gasteiger partial charge in [0, 0.05) is 19.6 Å². The van der Waals surface area contributed by atoms with Gasteiger partial charge in [-0.15, -0.1) is 10.2 Å². The molecule has 2 aromatic rings. The van der Waals surface area contributed by atoms with E-state index in [1.165, 1.54) is 17.4 Å². The van der Waals surface area contributed by atoms with Gasteiger partial charge in [-0.3, -0.25) is 10.1 Å². The summed E-state index contributed by atoms with van der Waals surface area (Å²) in [5, 5.41) is 11.6. The fourth-order valence-corrected chi connectivity index (χ4v) is 3.12. The summed E-state index contributed by atoms with van der Waals surface area (Å²) in [5.74, 6) is -0.564. The first-order chi connectivity index (χ1) is 11.1. The number of hydrogen-bond donors (Lipinski definition) is 2. The Morgan fingerprint density at radius 3 is 2.83 bits per heavy atom. The first-order valence-electron chi connectivity index (χ1n) is 7.31. The number of hydrogen-bond acceptors (Lipinski definition) is 6. The van der Waals surface area contributed by atoms with Crippen molar-refractivity contribution in [2.45, 2.75) is 24.8 Å². The van der Waals surface area contributed by atoms with Crippen molar-refractivity contribution in [3.63, 3.8) is 0 Å². The largest absolute Gasteiger partial charge is 0.381 e. The molecule has 0 spiro atoms. The molecular formula is C15H17FN4O2S. The Labute approximate surface area is 136 Å². The molecule has 1 aromatic heterocycles. The molecule has 0 atom stereocenters. The fourth-order valence-electron chi connectivity index (χ4n) is 2.36. The molecule has 3 rings (SSSR count). The van der Waals surface area contributed by atoms with Gasteiger partial charge in [0.15, 0.2) is 0 Å². The highest BCUT2D eigenvalue weighted by Crippen LogP contribution is 2.23. The molecule has 0 bridgehead atoms. The van der Waals surface area contributed by atoms with Gasteiger partial charge in [0.1, 0.15) is 16.4 Å². The average Bonchev–Trinajstić information content (AvgIpc) is 2.97. The number of nitrogens with zero attached hydrogens (tertiary/aromatic N) is 2. The highest BCUT2D eigenvalue weighted by Gasteiger charge is 2.36. The van der Waals surface area contributed by atoms with Crippen LogP contribution in [-0.2, 0) is 16.0 Å². The van der Waals surface area contributed by atoms with E-state index in [9.17, 15) is 9.18 Å². The van der Waals surface area contributed by atoms with Crippen LogP contribution in [0.3, 0.4) is 0 Å². The van der Waals surface area contributed by atoms with E-state index < -0.39 is 5.54 Å². The summed E-state index contributed by atoms with van der Waals surface area (Å²) in [6.07, 6.45) is 1.28. The Morgan fingerprint density at radius 1 is 1.35 bits per heavy atom. The maximum Gasteiger partial charge on any atom is 0.246 e. The minimum atomic E-state index is -0.935. The van der Waals surface area contributed by atoms with Crippen LogP contribution >= 0.6 is 11.3 Å². The first kappa shape index (κ1) is 16.0. The van der Waals surface area contributed by atoms with Crippen molar-refractivity contribution in [3.8, 4) is 0 Å². The molecule has 8 heteroatoms. The van der Waals surface area contributed by atoms with E-state index >= 15 is 0 Å². The van der Waals surface area contributed by atoms with E-state index in [1.54, 1.807) is 18.2 Å². The van der Waals surface area contributed by atoms with E-state index in [-0.39, 0.29) is 11.7 Å². The fraction of sp³-hybridized carbons (Fsp3) is 0.400. The van der Waals surface area contributed by atoms with Crippen molar-refractivity contribution in [2.75, 3.05) is 18.5 Å². The van der Waals surface area contributed by atoms with Crippen LogP contribution < -0.4 is 11.1 Å². The number of nitrogens with one attached hydrogen (secondary N) is 1. The van der Waals surface area contributed by atoms with E-state index in [0.29, 0.717) is 48.2 Å². The van der Waals surface area contributed by atoms with Gasteiger partial charge in [-0.05, 0) is 24.5 Å². The second-order valence-corrected chi connectivity index (χ2v) is 6.55. The molecule has 0 radical (unpaired) electrons. The minimum Gasteiger partial charge on any atom is -0.381 e. The van der Waals surface area contributed by atoms with Crippen LogP contribution in [0, 0.1) is 5.82 Å². The van der Waals surface area contributed by atoms with Crippen LogP contribution in [0.2, 0.25) is 0 Å². The Kier molecular flexibility index (Phi) is 4.65. The van der Waals surface area contributed by atoms with E-state index in [1.807, 2.05) is 0 Å². The average molecular weight is 336 g/mol. The summed E-state index contributed by atoms with van der Waals surface area (Å²) in [5.41, 5.74) is 5.72. The highest BCUT2D eigenvalue weighted by molar-refractivity contribution is 7.15. The van der Waals surface area contributed by atoms with E-state index in [2.05, 4.69) is 15.5 Å². The Bertz CT molecular complexity index is 700. The standard InChI is InChI=1S/C15H17FN4O2S/c16-11-4-2-1-3-10(11)9-12-19-20-14(23-12)18-13(21)15(17)5-7-22-8-6-15/h1-4H,5-9,17H2,(H,18,20,21). The number of anilines is 1. The van der Waals surface area contributed by atoms with E-state index in [4.69, 9.17) is 10.5 Å². The molecule has 23 heavy (non-hydrogen) atoms. The third-order valence-electron chi connectivity index (χ3n) is 3.82. The van der Waals surface area contributed by atoms with Crippen molar-refractivity contribution >= 4 is 22.4 Å². The van der Waals surface area contributed by atoms with Crippen molar-refractivity contribution in [2.24, 2.45) is 5.73 Å². The molecule has 122 valence electrons. The van der Waals surface area contributed by atoms with Crippen LogP contribution in [0.5, 0.6) is 0 Å². The zero-order valence-corrected chi connectivity index (χ0v) is 13.2. The number of halogens is 1. The molecule has 0 unspecified atom stereocenters. The summed E-state index contributed by atoms with van der Waals surface area (Å²) < 4.78 is 18.9. The molecule has 1 fully saturated rings. The number of nitrogens with two attached hydrogens (primary N) is 1. The lowest BCUT2D eigenvalue weighted by atomic mass is 9.90. The van der Waals surface area contributed by atoms with Crippen molar-refractivity contribution in [1.82, 2.24) is 10.2 Å². The molecule has 0 saturated carbocycles. The van der Waals surface area contributed by atoms with Gasteiger partial charge in [0.25, 0.3) is 0 Å². The number of benzene rings is 1. The summed E-state index contributed by atoms with van der Waals surface area (Å²) in [4.78, 5) is 12.3. The summed E-state index contributed by atoms with van der Waals surface area (Å²) >= 11 is 1.22. The second kappa shape index (κ2) is 6.69. The lowest BCUT2D eigenvalue weighted by molar-refractivity contribution is -0.124. The van der Waals surface area contributed by atoms with Crippen LogP contribution in [0.15, 0.2) is 24.3 Å². The predicted octanol–water partition coefficient (Wildman–Crippen LogP) is 1.71. The molecule has 3 N–H and O–H groups in total. The zero-order chi connectivity index (χ0) is 16.3. The monoisotopic (exact) mass is 336 g/mol. The molecule has 1 aromatic carbocycles. The lowest BCUT2D eigenvalue weighted by Crippen LogP contribution is -2.54. The van der Waals surface area contributed by atoms with Crippen LogP contribution in [0.1, 0.15) is 23.4 Å². The second-order valence-electron chi connectivity index (χ2n) is 5.49. The minimum absolute atomic E-state index is 0.281. The van der Waals surface area contributed by atoms with Crippen molar-refractivity contribution in [1.29, 1.82) is 0 Å². The molecule has 6 nitrogen and oxygen atoms in total. The van der Waals surface area contributed by atoms with Crippen LogP contribution in [0.4, 0.5) is 9.52 Å². The predicted molar refractivity (Wildman–Crippen MR) is 84.7 cm³/mol. The summed E-state index contributed by atoms with van der Waals surface area (Å²) in [7, 11) is 0. The molecule has 1 aliphatic rings. The van der Waals surface area contributed by atoms with Gasteiger partial charge in [-0.25, -0.2) is 4.39 Å². The number of rotatable bonds is 4. The van der Waals surface area contributed by atoms with Gasteiger partial charge in [-0.1, -0.05) is 29.5 Å². The molecular weight excluding hydrogens is 319 g/mol. The maximum absolute atomic E-state index is 13.6. The first-order valence-corrected chi connectivity index (χ1v) is 8.12. The third-order valence-corrected chi connectivity index (χ3v) is 4.66. The third kappa shape index (κ3) is 3.72. The topological polar surface area (TPSA) is 90.1 Å². The highest BCUT2D eigenvalue weighted by atomic mass is 32.1. The Morgan fingerprint density at radius 2 is 2.09 bits per heavy atom. The number of carbonyl (C=O) groups excluding carboxylic acids is 1. The van der Waals surface area contributed by atoms with Crippen molar-refractivity contribution < 1.29 is 13.9 Å². The number of carbonyl (C=O) groups is 1. The SMILES string of the molecule is NC1(C(=O)Nc2nnc(Cc3ccccc3F)s2)CCOCC1. The van der Waals surface area contributed by atoms with Crippen LogP contribution in [-0.4, -0.2) is 34.9 Å². The van der Waals surface area contributed by atoms with Gasteiger partial charge in [0.05, 0.1) is 0 Å². The number of ether oxygens (including phenoxy) is 1. The van der Waals surface area contributed by atoms with Crippen LogP contribution in [0.25, 0.3) is 0 Å². The van der Waals surface area contributed by atoms with Gasteiger partial charge in [-0.2, -0.15) is 0 Å². The summed E-state index contributed by atoms with van der Waals surface area (Å²) in [6, 6.07) is 6.51. The smallest absolute Gasteiger partial charge is 0.246 e. The quantitative estimate of drug-likeness (QED) is 0.887. The number of amides is 1. The normalized spacial score (nSPS) is 17.0.